The molecule has 0 aliphatic heterocycles. The van der Waals surface area contributed by atoms with E-state index in [0.717, 1.165) is 8.66 Å². The molecule has 2 rings (SSSR count). The van der Waals surface area contributed by atoms with Crippen LogP contribution in [0.2, 0.25) is 0 Å². The zero-order valence-corrected chi connectivity index (χ0v) is 13.9. The van der Waals surface area contributed by atoms with Gasteiger partial charge in [0.2, 0.25) is 15.5 Å². The van der Waals surface area contributed by atoms with Crippen molar-refractivity contribution in [1.29, 1.82) is 0 Å². The van der Waals surface area contributed by atoms with Gasteiger partial charge in [-0.05, 0) is 28.1 Å². The van der Waals surface area contributed by atoms with Crippen molar-refractivity contribution in [2.24, 2.45) is 0 Å². The number of H-pyrrole nitrogens is 1. The maximum absolute atomic E-state index is 12.5. The highest BCUT2D eigenvalue weighted by molar-refractivity contribution is 9.11. The smallest absolute Gasteiger partial charge is 0.248 e. The third kappa shape index (κ3) is 3.20. The number of pyridine rings is 1. The number of rotatable bonds is 5. The summed E-state index contributed by atoms with van der Waals surface area (Å²) in [5.41, 5.74) is -0.505. The van der Waals surface area contributed by atoms with Crippen LogP contribution in [0.15, 0.2) is 44.1 Å². The summed E-state index contributed by atoms with van der Waals surface area (Å²) in [5, 5.41) is 0. The number of halogens is 1. The van der Waals surface area contributed by atoms with E-state index < -0.39 is 15.5 Å². The lowest BCUT2D eigenvalue weighted by Crippen LogP contribution is -2.33. The molecule has 5 nitrogen and oxygen atoms in total. The second-order valence-corrected chi connectivity index (χ2v) is 8.46. The third-order valence-corrected chi connectivity index (χ3v) is 6.27. The summed E-state index contributed by atoms with van der Waals surface area (Å²) in [7, 11) is -3.79. The predicted molar refractivity (Wildman–Crippen MR) is 82.4 cm³/mol. The number of aromatic amines is 1. The number of nitrogens with zero attached hydrogens (tertiary/aromatic N) is 1. The van der Waals surface area contributed by atoms with Crippen LogP contribution in [-0.2, 0) is 16.6 Å². The largest absolute Gasteiger partial charge is 0.366 e. The van der Waals surface area contributed by atoms with Crippen molar-refractivity contribution in [2.75, 3.05) is 6.54 Å². The van der Waals surface area contributed by atoms with E-state index in [-0.39, 0.29) is 11.4 Å². The van der Waals surface area contributed by atoms with Crippen LogP contribution in [0.3, 0.4) is 0 Å². The quantitative estimate of drug-likeness (QED) is 0.870. The first-order valence-electron chi connectivity index (χ1n) is 5.86. The first kappa shape index (κ1) is 15.4. The van der Waals surface area contributed by atoms with Gasteiger partial charge in [0.05, 0.1) is 3.79 Å². The van der Waals surface area contributed by atoms with Crippen molar-refractivity contribution in [3.63, 3.8) is 0 Å². The minimum atomic E-state index is -3.79. The Labute approximate surface area is 129 Å². The van der Waals surface area contributed by atoms with Gasteiger partial charge >= 0.3 is 0 Å². The Morgan fingerprint density at radius 3 is 2.65 bits per heavy atom. The number of sulfonamides is 1. The van der Waals surface area contributed by atoms with E-state index in [1.807, 2.05) is 12.1 Å². The highest BCUT2D eigenvalue weighted by Gasteiger charge is 2.26. The fourth-order valence-corrected chi connectivity index (χ4v) is 4.77. The maximum Gasteiger partial charge on any atom is 0.248 e. The van der Waals surface area contributed by atoms with Crippen LogP contribution in [0, 0.1) is 0 Å². The highest BCUT2D eigenvalue weighted by atomic mass is 79.9. The average molecular weight is 377 g/mol. The van der Waals surface area contributed by atoms with Gasteiger partial charge in [-0.25, -0.2) is 8.42 Å². The zero-order valence-electron chi connectivity index (χ0n) is 10.7. The Morgan fingerprint density at radius 1 is 1.35 bits per heavy atom. The Bertz CT molecular complexity index is 752. The standard InChI is InChI=1S/C12H13BrN2O3S2/c1-2-15(8-9-3-4-12(13)19-9)20(17,18)11-7-14-6-5-10(11)16/h3-7H,2,8H2,1H3,(H,14,16). The molecule has 0 spiro atoms. The van der Waals surface area contributed by atoms with Crippen LogP contribution in [0.1, 0.15) is 11.8 Å². The molecule has 0 atom stereocenters. The number of aromatic nitrogens is 1. The van der Waals surface area contributed by atoms with E-state index in [1.54, 1.807) is 6.92 Å². The number of hydrogen-bond acceptors (Lipinski definition) is 4. The predicted octanol–water partition coefficient (Wildman–Crippen LogP) is 2.41. The molecule has 0 aromatic carbocycles. The van der Waals surface area contributed by atoms with E-state index in [1.165, 1.54) is 34.1 Å². The van der Waals surface area contributed by atoms with Crippen molar-refractivity contribution in [1.82, 2.24) is 9.29 Å². The molecule has 108 valence electrons. The lowest BCUT2D eigenvalue weighted by molar-refractivity contribution is 0.425. The molecular weight excluding hydrogens is 364 g/mol. The minimum absolute atomic E-state index is 0.225. The Hall–Kier alpha value is -0.960. The van der Waals surface area contributed by atoms with Crippen molar-refractivity contribution in [2.45, 2.75) is 18.4 Å². The van der Waals surface area contributed by atoms with E-state index in [0.29, 0.717) is 6.54 Å². The van der Waals surface area contributed by atoms with Crippen LogP contribution in [0.5, 0.6) is 0 Å². The molecule has 0 aliphatic rings. The van der Waals surface area contributed by atoms with Crippen molar-refractivity contribution in [3.05, 3.63) is 49.5 Å². The summed E-state index contributed by atoms with van der Waals surface area (Å²) in [6.07, 6.45) is 2.64. The van der Waals surface area contributed by atoms with Crippen molar-refractivity contribution >= 4 is 37.3 Å². The Balaban J connectivity index is 2.35. The summed E-state index contributed by atoms with van der Waals surface area (Å²) in [4.78, 5) is 15.0. The van der Waals surface area contributed by atoms with E-state index in [9.17, 15) is 13.2 Å². The Kier molecular flexibility index (Phi) is 4.79. The molecule has 2 heterocycles. The lowest BCUT2D eigenvalue weighted by atomic mass is 10.4. The molecule has 1 N–H and O–H groups in total. The first-order chi connectivity index (χ1) is 9.45. The van der Waals surface area contributed by atoms with Gasteiger partial charge in [-0.3, -0.25) is 4.79 Å². The second-order valence-electron chi connectivity index (χ2n) is 4.01. The van der Waals surface area contributed by atoms with Gasteiger partial charge < -0.3 is 4.98 Å². The maximum atomic E-state index is 12.5. The monoisotopic (exact) mass is 376 g/mol. The normalized spacial score (nSPS) is 11.9. The van der Waals surface area contributed by atoms with Gasteiger partial charge in [0, 0.05) is 36.4 Å². The summed E-state index contributed by atoms with van der Waals surface area (Å²) >= 11 is 4.82. The van der Waals surface area contributed by atoms with Gasteiger partial charge in [0.1, 0.15) is 4.90 Å². The van der Waals surface area contributed by atoms with Gasteiger partial charge in [0.25, 0.3) is 0 Å². The van der Waals surface area contributed by atoms with Gasteiger partial charge in [-0.1, -0.05) is 6.92 Å². The first-order valence-corrected chi connectivity index (χ1v) is 8.91. The molecule has 0 unspecified atom stereocenters. The summed E-state index contributed by atoms with van der Waals surface area (Å²) in [5.74, 6) is 0. The molecule has 0 saturated heterocycles. The highest BCUT2D eigenvalue weighted by Crippen LogP contribution is 2.25. The van der Waals surface area contributed by atoms with Crippen LogP contribution >= 0.6 is 27.3 Å². The molecule has 0 bridgehead atoms. The molecule has 8 heteroatoms. The summed E-state index contributed by atoms with van der Waals surface area (Å²) in [6.45, 7) is 2.30. The second kappa shape index (κ2) is 6.21. The van der Waals surface area contributed by atoms with Gasteiger partial charge in [-0.15, -0.1) is 11.3 Å². The van der Waals surface area contributed by atoms with Crippen LogP contribution in [0.4, 0.5) is 0 Å². The third-order valence-electron chi connectivity index (χ3n) is 2.72. The molecule has 0 amide bonds. The molecule has 0 fully saturated rings. The van der Waals surface area contributed by atoms with Crippen LogP contribution in [0.25, 0.3) is 0 Å². The minimum Gasteiger partial charge on any atom is -0.366 e. The molecule has 0 radical (unpaired) electrons. The Morgan fingerprint density at radius 2 is 2.10 bits per heavy atom. The molecule has 20 heavy (non-hydrogen) atoms. The van der Waals surface area contributed by atoms with Crippen molar-refractivity contribution in [3.8, 4) is 0 Å². The number of nitrogens with one attached hydrogen (secondary N) is 1. The lowest BCUT2D eigenvalue weighted by Gasteiger charge is -2.19. The molecule has 2 aromatic heterocycles. The van der Waals surface area contributed by atoms with Crippen LogP contribution in [-0.4, -0.2) is 24.3 Å². The van der Waals surface area contributed by atoms with Crippen molar-refractivity contribution < 1.29 is 8.42 Å². The van der Waals surface area contributed by atoms with E-state index in [4.69, 9.17) is 0 Å². The number of hydrogen-bond donors (Lipinski definition) is 1. The van der Waals surface area contributed by atoms with E-state index >= 15 is 0 Å². The topological polar surface area (TPSA) is 70.2 Å². The summed E-state index contributed by atoms with van der Waals surface area (Å²) in [6, 6.07) is 4.94. The number of thiophene rings is 1. The summed E-state index contributed by atoms with van der Waals surface area (Å²) < 4.78 is 27.2. The zero-order chi connectivity index (χ0) is 14.8. The SMILES string of the molecule is CCN(Cc1ccc(Br)s1)S(=O)(=O)c1c[nH]ccc1=O. The molecule has 0 saturated carbocycles. The van der Waals surface area contributed by atoms with E-state index in [2.05, 4.69) is 20.9 Å². The molecule has 2 aromatic rings. The van der Waals surface area contributed by atoms with Crippen LogP contribution < -0.4 is 5.43 Å². The molecule has 0 aliphatic carbocycles. The van der Waals surface area contributed by atoms with Gasteiger partial charge in [-0.2, -0.15) is 4.31 Å². The fourth-order valence-electron chi connectivity index (χ4n) is 1.72. The average Bonchev–Trinajstić information content (AvgIpc) is 2.81. The van der Waals surface area contributed by atoms with Gasteiger partial charge in [0.15, 0.2) is 0 Å². The fraction of sp³-hybridized carbons (Fsp3) is 0.250. The molecular formula is C12H13BrN2O3S2.